The van der Waals surface area contributed by atoms with Gasteiger partial charge < -0.3 is 11.1 Å². The van der Waals surface area contributed by atoms with Crippen molar-refractivity contribution in [2.24, 2.45) is 0 Å². The molecule has 0 bridgehead atoms. The first-order valence-corrected chi connectivity index (χ1v) is 10.6. The minimum absolute atomic E-state index is 0.00935. The van der Waals surface area contributed by atoms with Crippen molar-refractivity contribution >= 4 is 23.2 Å². The van der Waals surface area contributed by atoms with Crippen molar-refractivity contribution in [1.82, 2.24) is 34.5 Å². The zero-order chi connectivity index (χ0) is 26.8. The molecule has 0 fully saturated rings. The molecule has 1 amide bonds. The monoisotopic (exact) mass is 523 g/mol. The van der Waals surface area contributed by atoms with Crippen molar-refractivity contribution in [3.05, 3.63) is 53.6 Å². The first-order chi connectivity index (χ1) is 17.3. The minimum Gasteiger partial charge on any atom is -0.383 e. The number of aromatic nitrogens is 7. The number of hydrogen-bond acceptors (Lipinski definition) is 8. The van der Waals surface area contributed by atoms with E-state index in [1.807, 2.05) is 0 Å². The molecular weight excluding hydrogens is 508 g/mol. The fourth-order valence-electron chi connectivity index (χ4n) is 4.07. The summed E-state index contributed by atoms with van der Waals surface area (Å²) in [6.45, 7) is 1.49. The maximum Gasteiger partial charge on any atom is 0.453 e. The Balaban J connectivity index is 1.57. The average molecular weight is 523 g/mol. The summed E-state index contributed by atoms with van der Waals surface area (Å²) in [4.78, 5) is 33.2. The van der Waals surface area contributed by atoms with Crippen molar-refractivity contribution in [3.8, 4) is 11.5 Å². The topological polar surface area (TPSA) is 137 Å². The summed E-state index contributed by atoms with van der Waals surface area (Å²) >= 11 is 0. The first-order valence-electron chi connectivity index (χ1n) is 10.6. The summed E-state index contributed by atoms with van der Waals surface area (Å²) in [5.41, 5.74) is 4.73. The van der Waals surface area contributed by atoms with E-state index in [1.54, 1.807) is 0 Å². The highest BCUT2D eigenvalue weighted by Gasteiger charge is 2.56. The molecule has 0 aliphatic carbocycles. The molecule has 1 unspecified atom stereocenters. The molecule has 4 aromatic heterocycles. The van der Waals surface area contributed by atoms with Crippen LogP contribution in [0.5, 0.6) is 0 Å². The Morgan fingerprint density at radius 1 is 1.14 bits per heavy atom. The molecule has 0 aromatic carbocycles. The number of aryl methyl sites for hydroxylation is 1. The number of fused-ring (bicyclic) bond motifs is 2. The van der Waals surface area contributed by atoms with E-state index in [0.717, 1.165) is 23.1 Å². The van der Waals surface area contributed by atoms with Gasteiger partial charge in [-0.05, 0) is 25.0 Å². The minimum atomic E-state index is -5.73. The van der Waals surface area contributed by atoms with Crippen LogP contribution < -0.4 is 11.1 Å². The summed E-state index contributed by atoms with van der Waals surface area (Å²) in [6.07, 6.45) is -3.46. The fraction of sp³-hybridized carbons (Fsp3) is 0.286. The number of halogens is 6. The van der Waals surface area contributed by atoms with Crippen LogP contribution in [-0.4, -0.2) is 52.5 Å². The lowest BCUT2D eigenvalue weighted by Crippen LogP contribution is -2.36. The molecule has 5 rings (SSSR count). The van der Waals surface area contributed by atoms with Crippen LogP contribution in [0.4, 0.5) is 38.0 Å². The van der Waals surface area contributed by atoms with Gasteiger partial charge in [-0.15, -0.1) is 0 Å². The van der Waals surface area contributed by atoms with Gasteiger partial charge in [0, 0.05) is 12.6 Å². The van der Waals surface area contributed by atoms with Crippen molar-refractivity contribution in [1.29, 1.82) is 0 Å². The molecule has 1 aliphatic heterocycles. The van der Waals surface area contributed by atoms with Gasteiger partial charge in [0.1, 0.15) is 34.9 Å². The van der Waals surface area contributed by atoms with Gasteiger partial charge in [0.05, 0.1) is 23.7 Å². The van der Waals surface area contributed by atoms with E-state index in [2.05, 4.69) is 35.3 Å². The largest absolute Gasteiger partial charge is 0.453 e. The van der Waals surface area contributed by atoms with E-state index in [-0.39, 0.29) is 45.6 Å². The SMILES string of the molecule is CC1(c2cncc(F)c2)C(=O)Nc2nc(-c3cn4ncnc4c(CCC(F)(F)C(F)(F)F)n3)nc(N)c21. The lowest BCUT2D eigenvalue weighted by molar-refractivity contribution is -0.284. The quantitative estimate of drug-likeness (QED) is 0.381. The van der Waals surface area contributed by atoms with Crippen LogP contribution in [0.15, 0.2) is 31.0 Å². The molecule has 37 heavy (non-hydrogen) atoms. The van der Waals surface area contributed by atoms with Crippen LogP contribution >= 0.6 is 0 Å². The van der Waals surface area contributed by atoms with Gasteiger partial charge in [-0.2, -0.15) is 27.1 Å². The summed E-state index contributed by atoms with van der Waals surface area (Å²) in [5.74, 6) is -6.55. The first kappa shape index (κ1) is 24.3. The Kier molecular flexibility index (Phi) is 5.31. The molecule has 0 spiro atoms. The summed E-state index contributed by atoms with van der Waals surface area (Å²) in [5, 5.41) is 6.45. The van der Waals surface area contributed by atoms with Crippen LogP contribution in [-0.2, 0) is 16.6 Å². The van der Waals surface area contributed by atoms with Gasteiger partial charge >= 0.3 is 12.1 Å². The summed E-state index contributed by atoms with van der Waals surface area (Å²) < 4.78 is 80.0. The highest BCUT2D eigenvalue weighted by molar-refractivity contribution is 6.09. The lowest BCUT2D eigenvalue weighted by Gasteiger charge is -2.23. The number of carbonyl (C=O) groups excluding carboxylic acids is 1. The molecule has 192 valence electrons. The zero-order valence-electron chi connectivity index (χ0n) is 18.7. The van der Waals surface area contributed by atoms with Crippen molar-refractivity contribution in [2.75, 3.05) is 11.1 Å². The number of amides is 1. The third-order valence-electron chi connectivity index (χ3n) is 6.06. The second-order valence-electron chi connectivity index (χ2n) is 8.43. The predicted octanol–water partition coefficient (Wildman–Crippen LogP) is 3.09. The maximum atomic E-state index is 13.8. The number of carbonyl (C=O) groups is 1. The Morgan fingerprint density at radius 2 is 1.89 bits per heavy atom. The Morgan fingerprint density at radius 3 is 2.59 bits per heavy atom. The van der Waals surface area contributed by atoms with Crippen LogP contribution in [0.3, 0.4) is 0 Å². The normalized spacial score (nSPS) is 17.8. The third-order valence-corrected chi connectivity index (χ3v) is 6.06. The third kappa shape index (κ3) is 3.88. The summed E-state index contributed by atoms with van der Waals surface area (Å²) in [6, 6.07) is 1.12. The highest BCUT2D eigenvalue weighted by atomic mass is 19.4. The highest BCUT2D eigenvalue weighted by Crippen LogP contribution is 2.45. The van der Waals surface area contributed by atoms with Gasteiger partial charge in [-0.25, -0.2) is 28.8 Å². The number of nitrogens with two attached hydrogens (primary N) is 1. The Bertz CT molecular complexity index is 1550. The van der Waals surface area contributed by atoms with Crippen LogP contribution in [0.2, 0.25) is 0 Å². The van der Waals surface area contributed by atoms with E-state index in [4.69, 9.17) is 5.73 Å². The van der Waals surface area contributed by atoms with Gasteiger partial charge in [0.25, 0.3) is 0 Å². The number of rotatable bonds is 5. The molecule has 16 heteroatoms. The maximum absolute atomic E-state index is 13.8. The molecule has 1 aliphatic rings. The second-order valence-corrected chi connectivity index (χ2v) is 8.43. The Labute approximate surface area is 203 Å². The second kappa shape index (κ2) is 8.07. The van der Waals surface area contributed by atoms with E-state index in [9.17, 15) is 31.1 Å². The molecular formula is C21H15F6N9O. The number of hydrogen-bond donors (Lipinski definition) is 2. The molecule has 5 heterocycles. The molecule has 0 saturated carbocycles. The number of alkyl halides is 5. The Hall–Kier alpha value is -4.37. The van der Waals surface area contributed by atoms with E-state index < -0.39 is 42.1 Å². The molecule has 1 atom stereocenters. The fourth-order valence-corrected chi connectivity index (χ4v) is 4.07. The molecule has 3 N–H and O–H groups in total. The standard InChI is InChI=1S/C21H15F6N9O/c1-19(9-4-10(22)6-29-5-9)13-14(28)33-15(34-16(13)35-18(19)37)12-7-36-17(30-8-31-36)11(32-12)2-3-20(23,24)21(25,26)27/h4-8H,2-3H2,1H3,(H3,28,33,34,35,37). The van der Waals surface area contributed by atoms with Gasteiger partial charge in [-0.1, -0.05) is 0 Å². The van der Waals surface area contributed by atoms with Crippen molar-refractivity contribution < 1.29 is 31.1 Å². The van der Waals surface area contributed by atoms with Gasteiger partial charge in [0.15, 0.2) is 11.5 Å². The van der Waals surface area contributed by atoms with E-state index in [0.29, 0.717) is 0 Å². The van der Waals surface area contributed by atoms with Gasteiger partial charge in [-0.3, -0.25) is 9.78 Å². The molecule has 10 nitrogen and oxygen atoms in total. The van der Waals surface area contributed by atoms with Crippen molar-refractivity contribution in [3.63, 3.8) is 0 Å². The molecule has 4 aromatic rings. The smallest absolute Gasteiger partial charge is 0.383 e. The number of nitrogens with one attached hydrogen (secondary N) is 1. The van der Waals surface area contributed by atoms with Crippen LogP contribution in [0, 0.1) is 5.82 Å². The van der Waals surface area contributed by atoms with Gasteiger partial charge in [0.2, 0.25) is 5.91 Å². The predicted molar refractivity (Wildman–Crippen MR) is 115 cm³/mol. The van der Waals surface area contributed by atoms with Crippen LogP contribution in [0.1, 0.15) is 30.2 Å². The van der Waals surface area contributed by atoms with Crippen LogP contribution in [0.25, 0.3) is 17.2 Å². The number of anilines is 2. The van der Waals surface area contributed by atoms with E-state index in [1.165, 1.54) is 19.3 Å². The molecule has 0 radical (unpaired) electrons. The average Bonchev–Trinajstić information content (AvgIpc) is 3.39. The zero-order valence-corrected chi connectivity index (χ0v) is 18.7. The van der Waals surface area contributed by atoms with Crippen molar-refractivity contribution in [2.45, 2.75) is 37.3 Å². The van der Waals surface area contributed by atoms with E-state index >= 15 is 0 Å². The summed E-state index contributed by atoms with van der Waals surface area (Å²) in [7, 11) is 0. The lowest BCUT2D eigenvalue weighted by atomic mass is 9.78. The number of nitrogen functional groups attached to an aromatic ring is 1. The molecule has 0 saturated heterocycles. The number of pyridine rings is 1. The number of nitrogens with zero attached hydrogens (tertiary/aromatic N) is 7.